The topological polar surface area (TPSA) is 17.1 Å². The Balaban J connectivity index is 2.23. The maximum atomic E-state index is 12.7. The van der Waals surface area contributed by atoms with Crippen LogP contribution in [0.2, 0.25) is 0 Å². The van der Waals surface area contributed by atoms with Crippen molar-refractivity contribution in [2.45, 2.75) is 32.9 Å². The average molecular weight is 284 g/mol. The van der Waals surface area contributed by atoms with Crippen LogP contribution in [0.4, 0.5) is 0 Å². The molecule has 2 unspecified atom stereocenters. The third-order valence-corrected chi connectivity index (χ3v) is 4.10. The molecular weight excluding hydrogens is 263 g/mol. The summed E-state index contributed by atoms with van der Waals surface area (Å²) in [5.74, 6) is 0.217. The molecule has 0 saturated heterocycles. The predicted molar refractivity (Wildman–Crippen MR) is 88.6 cm³/mol. The number of carbonyl (C=O) groups is 1. The van der Waals surface area contributed by atoms with Crippen LogP contribution in [0.1, 0.15) is 32.6 Å². The summed E-state index contributed by atoms with van der Waals surface area (Å²) in [5, 5.41) is 0. The smallest absolute Gasteiger partial charge is 0.170 e. The lowest BCUT2D eigenvalue weighted by molar-refractivity contribution is 0.0987. The highest BCUT2D eigenvalue weighted by Gasteiger charge is 2.19. The van der Waals surface area contributed by atoms with Gasteiger partial charge in [0, 0.05) is 11.2 Å². The van der Waals surface area contributed by atoms with Crippen molar-refractivity contribution >= 4 is 15.0 Å². The van der Waals surface area contributed by atoms with Crippen molar-refractivity contribution in [3.8, 4) is 0 Å². The molecule has 20 heavy (non-hydrogen) atoms. The van der Waals surface area contributed by atoms with E-state index in [2.05, 4.69) is 40.4 Å². The van der Waals surface area contributed by atoms with Crippen molar-refractivity contribution in [3.05, 3.63) is 70.3 Å². The highest BCUT2D eigenvalue weighted by Crippen LogP contribution is 2.22. The van der Waals surface area contributed by atoms with Gasteiger partial charge in [-0.3, -0.25) is 4.79 Å². The predicted octanol–water partition coefficient (Wildman–Crippen LogP) is 4.28. The Labute approximate surface area is 123 Å². The van der Waals surface area contributed by atoms with Gasteiger partial charge in [0.2, 0.25) is 0 Å². The van der Waals surface area contributed by atoms with E-state index in [0.717, 1.165) is 23.1 Å². The lowest BCUT2D eigenvalue weighted by Crippen LogP contribution is -2.19. The molecule has 0 aliphatic heterocycles. The Morgan fingerprint density at radius 3 is 2.15 bits per heavy atom. The third-order valence-electron chi connectivity index (χ3n) is 3.56. The van der Waals surface area contributed by atoms with Gasteiger partial charge in [0.15, 0.2) is 5.78 Å². The van der Waals surface area contributed by atoms with E-state index in [9.17, 15) is 4.79 Å². The van der Waals surface area contributed by atoms with E-state index in [0.29, 0.717) is 0 Å². The molecule has 0 radical (unpaired) electrons. The van der Waals surface area contributed by atoms with Gasteiger partial charge < -0.3 is 0 Å². The second kappa shape index (κ2) is 6.33. The lowest BCUT2D eigenvalue weighted by atomic mass is 9.93. The fraction of sp³-hybridized carbons (Fsp3) is 0.278. The fourth-order valence-corrected chi connectivity index (χ4v) is 3.15. The van der Waals surface area contributed by atoms with Crippen molar-refractivity contribution in [2.75, 3.05) is 0 Å². The van der Waals surface area contributed by atoms with Crippen molar-refractivity contribution < 1.29 is 4.79 Å². The Kier molecular flexibility index (Phi) is 4.73. The number of hydrogen-bond acceptors (Lipinski definition) is 1. The molecule has 0 bridgehead atoms. The van der Waals surface area contributed by atoms with Crippen molar-refractivity contribution in [1.29, 1.82) is 0 Å². The van der Waals surface area contributed by atoms with Gasteiger partial charge in [-0.25, -0.2) is 0 Å². The van der Waals surface area contributed by atoms with E-state index >= 15 is 0 Å². The molecule has 2 heteroatoms. The minimum Gasteiger partial charge on any atom is -0.293 e. The molecule has 0 aromatic heterocycles. The monoisotopic (exact) mass is 284 g/mol. The number of benzene rings is 2. The molecule has 0 heterocycles. The van der Waals surface area contributed by atoms with Gasteiger partial charge in [-0.05, 0) is 43.9 Å². The number of aryl methyl sites for hydroxylation is 3. The Bertz CT molecular complexity index is 594. The summed E-state index contributed by atoms with van der Waals surface area (Å²) in [5.41, 5.74) is 5.37. The molecule has 0 spiro atoms. The lowest BCUT2D eigenvalue weighted by Gasteiger charge is -2.15. The first-order valence-electron chi connectivity index (χ1n) is 6.90. The van der Waals surface area contributed by atoms with Crippen LogP contribution in [0.25, 0.3) is 0 Å². The molecular formula is C18H21OP. The minimum atomic E-state index is -0.0718. The van der Waals surface area contributed by atoms with Crippen LogP contribution in [-0.4, -0.2) is 11.4 Å². The van der Waals surface area contributed by atoms with Crippen LogP contribution < -0.4 is 0 Å². The zero-order valence-corrected chi connectivity index (χ0v) is 13.5. The first-order chi connectivity index (χ1) is 9.49. The fourth-order valence-electron chi connectivity index (χ4n) is 2.71. The number of hydrogen-bond donors (Lipinski definition) is 0. The van der Waals surface area contributed by atoms with Gasteiger partial charge in [0.25, 0.3) is 0 Å². The average Bonchev–Trinajstić information content (AvgIpc) is 2.38. The summed E-state index contributed by atoms with van der Waals surface area (Å²) in [7, 11) is 2.70. The van der Waals surface area contributed by atoms with Gasteiger partial charge in [-0.2, -0.15) is 0 Å². The van der Waals surface area contributed by atoms with E-state index in [1.54, 1.807) is 0 Å². The highest BCUT2D eigenvalue weighted by molar-refractivity contribution is 7.19. The quantitative estimate of drug-likeness (QED) is 0.605. The summed E-state index contributed by atoms with van der Waals surface area (Å²) in [6.45, 7) is 6.11. The maximum Gasteiger partial charge on any atom is 0.170 e. The molecule has 2 aromatic carbocycles. The van der Waals surface area contributed by atoms with E-state index < -0.39 is 0 Å². The van der Waals surface area contributed by atoms with Crippen LogP contribution in [0.3, 0.4) is 0 Å². The van der Waals surface area contributed by atoms with Crippen LogP contribution in [0.15, 0.2) is 42.5 Å². The maximum absolute atomic E-state index is 12.7. The normalized spacial score (nSPS) is 12.2. The van der Waals surface area contributed by atoms with Crippen molar-refractivity contribution in [2.24, 2.45) is 0 Å². The zero-order chi connectivity index (χ0) is 14.7. The first-order valence-corrected chi connectivity index (χ1v) is 7.57. The molecule has 0 amide bonds. The van der Waals surface area contributed by atoms with Gasteiger partial charge in [0.1, 0.15) is 0 Å². The molecule has 2 rings (SSSR count). The summed E-state index contributed by atoms with van der Waals surface area (Å²) >= 11 is 0. The van der Waals surface area contributed by atoms with Crippen molar-refractivity contribution in [1.82, 2.24) is 0 Å². The van der Waals surface area contributed by atoms with E-state index in [-0.39, 0.29) is 11.4 Å². The van der Waals surface area contributed by atoms with Gasteiger partial charge >= 0.3 is 0 Å². The standard InChI is InChI=1S/C18H21OP/c1-12-9-13(2)17(14(3)10-12)18(19)16(20)11-15-7-5-4-6-8-15/h4-10,16H,11,20H2,1-3H3. The van der Waals surface area contributed by atoms with Crippen LogP contribution in [0, 0.1) is 20.8 Å². The van der Waals surface area contributed by atoms with Gasteiger partial charge in [-0.15, -0.1) is 9.24 Å². The van der Waals surface area contributed by atoms with Crippen molar-refractivity contribution in [3.63, 3.8) is 0 Å². The molecule has 1 nitrogen and oxygen atoms in total. The van der Waals surface area contributed by atoms with Crippen LogP contribution >= 0.6 is 9.24 Å². The number of rotatable bonds is 4. The highest BCUT2D eigenvalue weighted by atomic mass is 31.0. The third kappa shape index (κ3) is 3.35. The largest absolute Gasteiger partial charge is 0.293 e. The summed E-state index contributed by atoms with van der Waals surface area (Å²) in [6.07, 6.45) is 0.761. The Morgan fingerprint density at radius 2 is 1.60 bits per heavy atom. The molecule has 0 saturated carbocycles. The first kappa shape index (κ1) is 14.9. The Morgan fingerprint density at radius 1 is 1.05 bits per heavy atom. The second-order valence-electron chi connectivity index (χ2n) is 5.43. The number of ketones is 1. The summed E-state index contributed by atoms with van der Waals surface area (Å²) in [4.78, 5) is 12.7. The zero-order valence-electron chi connectivity index (χ0n) is 12.3. The molecule has 0 N–H and O–H groups in total. The molecule has 2 atom stereocenters. The van der Waals surface area contributed by atoms with E-state index in [4.69, 9.17) is 0 Å². The Hall–Kier alpha value is -1.46. The number of Topliss-reactive ketones (excluding diaryl/α,β-unsaturated/α-hetero) is 1. The second-order valence-corrected chi connectivity index (χ2v) is 6.24. The summed E-state index contributed by atoms with van der Waals surface area (Å²) in [6, 6.07) is 14.3. The minimum absolute atomic E-state index is 0.0718. The molecule has 0 aliphatic rings. The van der Waals surface area contributed by atoms with Crippen LogP contribution in [-0.2, 0) is 6.42 Å². The summed E-state index contributed by atoms with van der Waals surface area (Å²) < 4.78 is 0. The van der Waals surface area contributed by atoms with Gasteiger partial charge in [-0.1, -0.05) is 48.0 Å². The SMILES string of the molecule is Cc1cc(C)c(C(=O)C(P)Cc2ccccc2)c(C)c1. The van der Waals surface area contributed by atoms with E-state index in [1.807, 2.05) is 32.0 Å². The van der Waals surface area contributed by atoms with E-state index in [1.165, 1.54) is 11.1 Å². The number of carbonyl (C=O) groups excluding carboxylic acids is 1. The molecule has 0 fully saturated rings. The van der Waals surface area contributed by atoms with Gasteiger partial charge in [0.05, 0.1) is 0 Å². The molecule has 2 aromatic rings. The van der Waals surface area contributed by atoms with Crippen LogP contribution in [0.5, 0.6) is 0 Å². The molecule has 0 aliphatic carbocycles. The molecule has 104 valence electrons.